The van der Waals surface area contributed by atoms with Crippen LogP contribution in [0.15, 0.2) is 48.5 Å². The van der Waals surface area contributed by atoms with Crippen molar-refractivity contribution < 1.29 is 37.0 Å². The second-order valence-corrected chi connectivity index (χ2v) is 7.58. The van der Waals surface area contributed by atoms with Crippen molar-refractivity contribution in [1.82, 2.24) is 10.9 Å². The number of nitrogens with one attached hydrogen (secondary N) is 2. The van der Waals surface area contributed by atoms with Gasteiger partial charge in [0.1, 0.15) is 6.61 Å². The van der Waals surface area contributed by atoms with E-state index in [0.29, 0.717) is 11.5 Å². The first-order valence-corrected chi connectivity index (χ1v) is 10.0. The molecule has 2 N–H and O–H groups in total. The van der Waals surface area contributed by atoms with E-state index in [1.165, 1.54) is 12.1 Å². The van der Waals surface area contributed by atoms with Crippen LogP contribution in [0.4, 0.5) is 13.2 Å². The summed E-state index contributed by atoms with van der Waals surface area (Å²) >= 11 is 0. The molecule has 0 aromatic heterocycles. The number of fused-ring (bicyclic) bond motifs is 1. The number of ether oxygens (including phenoxy) is 3. The molecule has 10 heteroatoms. The highest BCUT2D eigenvalue weighted by molar-refractivity contribution is 5.91. The van der Waals surface area contributed by atoms with Gasteiger partial charge in [-0.05, 0) is 36.6 Å². The number of alkyl halides is 3. The summed E-state index contributed by atoms with van der Waals surface area (Å²) in [6.45, 7) is 0.354. The van der Waals surface area contributed by atoms with Crippen molar-refractivity contribution in [3.05, 3.63) is 59.7 Å². The molecule has 2 aliphatic heterocycles. The minimum Gasteiger partial charge on any atom is -0.485 e. The van der Waals surface area contributed by atoms with Crippen molar-refractivity contribution in [2.45, 2.75) is 30.5 Å². The van der Waals surface area contributed by atoms with Crippen LogP contribution in [0.1, 0.15) is 24.0 Å². The van der Waals surface area contributed by atoms with Crippen molar-refractivity contribution in [1.29, 1.82) is 0 Å². The highest BCUT2D eigenvalue weighted by atomic mass is 19.4. The normalized spacial score (nSPS) is 19.7. The second-order valence-electron chi connectivity index (χ2n) is 7.58. The molecule has 2 amide bonds. The van der Waals surface area contributed by atoms with E-state index >= 15 is 0 Å². The number of carbonyl (C=O) groups excluding carboxylic acids is 2. The Morgan fingerprint density at radius 1 is 0.969 bits per heavy atom. The zero-order valence-electron chi connectivity index (χ0n) is 16.9. The lowest BCUT2D eigenvalue weighted by atomic mass is 9.73. The van der Waals surface area contributed by atoms with Crippen LogP contribution in [-0.4, -0.2) is 37.7 Å². The van der Waals surface area contributed by atoms with Crippen LogP contribution in [0.25, 0.3) is 0 Å². The first-order valence-electron chi connectivity index (χ1n) is 10.0. The van der Waals surface area contributed by atoms with Crippen LogP contribution >= 0.6 is 0 Å². The number of para-hydroxylation sites is 2. The fraction of sp³-hybridized carbons (Fsp3) is 0.364. The largest absolute Gasteiger partial charge is 0.485 e. The summed E-state index contributed by atoms with van der Waals surface area (Å²) in [4.78, 5) is 25.6. The molecule has 1 saturated heterocycles. The average Bonchev–Trinajstić information content (AvgIpc) is 2.82. The quantitative estimate of drug-likeness (QED) is 0.703. The van der Waals surface area contributed by atoms with Crippen molar-refractivity contribution >= 4 is 11.8 Å². The molecular formula is C22H21F3N2O5. The average molecular weight is 450 g/mol. The molecule has 2 aromatic rings. The minimum atomic E-state index is -4.54. The Morgan fingerprint density at radius 3 is 2.41 bits per heavy atom. The van der Waals surface area contributed by atoms with Crippen LogP contribution in [-0.2, 0) is 25.9 Å². The summed E-state index contributed by atoms with van der Waals surface area (Å²) < 4.78 is 56.1. The number of hydrazine groups is 1. The van der Waals surface area contributed by atoms with Gasteiger partial charge in [-0.1, -0.05) is 30.3 Å². The van der Waals surface area contributed by atoms with Gasteiger partial charge in [0.05, 0.1) is 11.0 Å². The molecule has 0 saturated carbocycles. The van der Waals surface area contributed by atoms with Gasteiger partial charge in [0.15, 0.2) is 11.5 Å². The van der Waals surface area contributed by atoms with E-state index in [1.54, 1.807) is 24.3 Å². The lowest BCUT2D eigenvalue weighted by Gasteiger charge is -2.36. The molecule has 32 heavy (non-hydrogen) atoms. The van der Waals surface area contributed by atoms with Crippen LogP contribution in [0.5, 0.6) is 11.5 Å². The molecule has 1 atom stereocenters. The van der Waals surface area contributed by atoms with Gasteiger partial charge in [-0.15, -0.1) is 0 Å². The Bertz CT molecular complexity index is 1010. The SMILES string of the molecule is O=C(NNC(=O)C1(c2cccc(C(F)(F)F)c2)CCOCC1)[C@H]1COc2ccccc2O1. The standard InChI is InChI=1S/C22H21F3N2O5/c23-22(24,25)15-5-3-4-14(12-15)21(8-10-30-11-9-21)20(29)27-26-19(28)18-13-31-16-6-1-2-7-17(16)32-18/h1-7,12,18H,8-11,13H2,(H,26,28)(H,27,29)/t18-/m1/s1. The predicted octanol–water partition coefficient (Wildman–Crippen LogP) is 2.74. The van der Waals surface area contributed by atoms with Crippen LogP contribution in [0.2, 0.25) is 0 Å². The number of benzene rings is 2. The topological polar surface area (TPSA) is 85.9 Å². The number of carbonyl (C=O) groups is 2. The third kappa shape index (κ3) is 4.36. The lowest BCUT2D eigenvalue weighted by Crippen LogP contribution is -2.56. The molecule has 0 aliphatic carbocycles. The van der Waals surface area contributed by atoms with Crippen molar-refractivity contribution in [3.63, 3.8) is 0 Å². The molecule has 0 spiro atoms. The van der Waals surface area contributed by atoms with Crippen molar-refractivity contribution in [2.75, 3.05) is 19.8 Å². The Kier molecular flexibility index (Phi) is 5.96. The maximum atomic E-state index is 13.2. The van der Waals surface area contributed by atoms with Gasteiger partial charge in [-0.3, -0.25) is 20.4 Å². The van der Waals surface area contributed by atoms with Gasteiger partial charge < -0.3 is 14.2 Å². The lowest BCUT2D eigenvalue weighted by molar-refractivity contribution is -0.139. The van der Waals surface area contributed by atoms with Crippen LogP contribution < -0.4 is 20.3 Å². The first-order chi connectivity index (χ1) is 15.3. The monoisotopic (exact) mass is 450 g/mol. The van der Waals surface area contributed by atoms with E-state index in [0.717, 1.165) is 12.1 Å². The molecular weight excluding hydrogens is 429 g/mol. The Hall–Kier alpha value is -3.27. The van der Waals surface area contributed by atoms with Gasteiger partial charge in [-0.2, -0.15) is 13.2 Å². The summed E-state index contributed by atoms with van der Waals surface area (Å²) in [6.07, 6.45) is -5.19. The Balaban J connectivity index is 1.48. The number of hydrogen-bond donors (Lipinski definition) is 2. The molecule has 0 radical (unpaired) electrons. The predicted molar refractivity (Wildman–Crippen MR) is 106 cm³/mol. The summed E-state index contributed by atoms with van der Waals surface area (Å²) in [5.41, 5.74) is 2.77. The van der Waals surface area contributed by atoms with Gasteiger partial charge in [0, 0.05) is 13.2 Å². The van der Waals surface area contributed by atoms with E-state index in [1.807, 2.05) is 0 Å². The second kappa shape index (κ2) is 8.70. The van der Waals surface area contributed by atoms with E-state index < -0.39 is 35.1 Å². The molecule has 170 valence electrons. The van der Waals surface area contributed by atoms with Gasteiger partial charge in [0.25, 0.3) is 5.91 Å². The number of amides is 2. The van der Waals surface area contributed by atoms with E-state index in [2.05, 4.69) is 10.9 Å². The molecule has 2 heterocycles. The van der Waals surface area contributed by atoms with E-state index in [-0.39, 0.29) is 38.2 Å². The highest BCUT2D eigenvalue weighted by Crippen LogP contribution is 2.38. The van der Waals surface area contributed by atoms with Gasteiger partial charge in [0.2, 0.25) is 12.0 Å². The van der Waals surface area contributed by atoms with E-state index in [4.69, 9.17) is 14.2 Å². The third-order valence-corrected chi connectivity index (χ3v) is 5.62. The zero-order valence-corrected chi connectivity index (χ0v) is 16.9. The Labute approximate surface area is 181 Å². The summed E-state index contributed by atoms with van der Waals surface area (Å²) in [7, 11) is 0. The zero-order chi connectivity index (χ0) is 22.8. The molecule has 0 unspecified atom stereocenters. The number of rotatable bonds is 3. The van der Waals surface area contributed by atoms with Crippen molar-refractivity contribution in [3.8, 4) is 11.5 Å². The maximum Gasteiger partial charge on any atom is 0.416 e. The smallest absolute Gasteiger partial charge is 0.416 e. The summed E-state index contributed by atoms with van der Waals surface area (Å²) in [5, 5.41) is 0. The summed E-state index contributed by atoms with van der Waals surface area (Å²) in [6, 6.07) is 11.5. The highest BCUT2D eigenvalue weighted by Gasteiger charge is 2.43. The minimum absolute atomic E-state index is 0.0503. The third-order valence-electron chi connectivity index (χ3n) is 5.62. The number of halogens is 3. The molecule has 1 fully saturated rings. The van der Waals surface area contributed by atoms with E-state index in [9.17, 15) is 22.8 Å². The fourth-order valence-corrected chi connectivity index (χ4v) is 3.83. The van der Waals surface area contributed by atoms with Crippen molar-refractivity contribution in [2.24, 2.45) is 0 Å². The maximum absolute atomic E-state index is 13.2. The number of hydrogen-bond acceptors (Lipinski definition) is 5. The Morgan fingerprint density at radius 2 is 1.69 bits per heavy atom. The molecule has 2 aromatic carbocycles. The summed E-state index contributed by atoms with van der Waals surface area (Å²) in [5.74, 6) is -0.355. The molecule has 4 rings (SSSR count). The van der Waals surface area contributed by atoms with Gasteiger partial charge in [-0.25, -0.2) is 0 Å². The van der Waals surface area contributed by atoms with Crippen LogP contribution in [0.3, 0.4) is 0 Å². The fourth-order valence-electron chi connectivity index (χ4n) is 3.83. The molecule has 7 nitrogen and oxygen atoms in total. The molecule has 0 bridgehead atoms. The van der Waals surface area contributed by atoms with Crippen LogP contribution in [0, 0.1) is 0 Å². The van der Waals surface area contributed by atoms with Gasteiger partial charge >= 0.3 is 6.18 Å². The first kappa shape index (κ1) is 21.9. The molecule has 2 aliphatic rings.